The normalized spacial score (nSPS) is 11.6. The molecule has 0 spiro atoms. The topological polar surface area (TPSA) is 129 Å². The van der Waals surface area contributed by atoms with Gasteiger partial charge in [0.25, 0.3) is 11.8 Å². The van der Waals surface area contributed by atoms with Gasteiger partial charge in [-0.3, -0.25) is 14.6 Å². The number of amides is 2. The van der Waals surface area contributed by atoms with Crippen molar-refractivity contribution in [2.75, 3.05) is 26.0 Å². The minimum atomic E-state index is -2.94. The Balaban J connectivity index is 1.84. The van der Waals surface area contributed by atoms with Gasteiger partial charge in [0, 0.05) is 25.7 Å². The molecule has 11 nitrogen and oxygen atoms in total. The largest absolute Gasteiger partial charge is 0.488 e. The zero-order valence-electron chi connectivity index (χ0n) is 19.9. The van der Waals surface area contributed by atoms with E-state index >= 15 is 0 Å². The number of carbonyl (C=O) groups is 2. The van der Waals surface area contributed by atoms with Crippen LogP contribution in [0, 0.1) is 6.92 Å². The summed E-state index contributed by atoms with van der Waals surface area (Å²) in [6.45, 7) is -0.0310. The molecule has 36 heavy (non-hydrogen) atoms. The van der Waals surface area contributed by atoms with Crippen LogP contribution in [0.25, 0.3) is 0 Å². The molecule has 1 N–H and O–H groups in total. The molecule has 1 aromatic carbocycles. The van der Waals surface area contributed by atoms with Gasteiger partial charge in [0.15, 0.2) is 5.82 Å². The van der Waals surface area contributed by atoms with Crippen molar-refractivity contribution in [3.05, 3.63) is 59.9 Å². The number of alkyl halides is 2. The number of anilines is 1. The molecule has 2 heterocycles. The van der Waals surface area contributed by atoms with Gasteiger partial charge >= 0.3 is 6.61 Å². The van der Waals surface area contributed by atoms with Crippen LogP contribution in [0.15, 0.2) is 43.0 Å². The Morgan fingerprint density at radius 1 is 1.00 bits per heavy atom. The highest BCUT2D eigenvalue weighted by Gasteiger charge is 2.16. The summed E-state index contributed by atoms with van der Waals surface area (Å²) in [4.78, 5) is 42.5. The van der Waals surface area contributed by atoms with Crippen molar-refractivity contribution in [1.82, 2.24) is 24.8 Å². The van der Waals surface area contributed by atoms with E-state index in [0.29, 0.717) is 5.69 Å². The Bertz CT molecular complexity index is 1190. The number of nitrogens with one attached hydrogen (secondary N) is 1. The SMILES string of the molecule is Cc1cnc(NC(=O)c2cc(Oc3cnc(C(=O)N(C)C)cn3)cc(O[C@@H](C)COC(F)F)c2)cn1. The van der Waals surface area contributed by atoms with Crippen LogP contribution in [0.2, 0.25) is 0 Å². The zero-order valence-corrected chi connectivity index (χ0v) is 19.9. The monoisotopic (exact) mass is 502 g/mol. The average molecular weight is 502 g/mol. The number of hydrogen-bond donors (Lipinski definition) is 1. The lowest BCUT2D eigenvalue weighted by Crippen LogP contribution is -2.22. The second-order valence-electron chi connectivity index (χ2n) is 7.75. The van der Waals surface area contributed by atoms with Gasteiger partial charge in [0.05, 0.1) is 37.1 Å². The average Bonchev–Trinajstić information content (AvgIpc) is 2.84. The fourth-order valence-corrected chi connectivity index (χ4v) is 2.78. The Labute approximate surface area is 205 Å². The Morgan fingerprint density at radius 3 is 2.36 bits per heavy atom. The third kappa shape index (κ3) is 7.63. The van der Waals surface area contributed by atoms with Gasteiger partial charge in [-0.15, -0.1) is 0 Å². The van der Waals surface area contributed by atoms with E-state index in [4.69, 9.17) is 9.47 Å². The predicted octanol–water partition coefficient (Wildman–Crippen LogP) is 3.33. The van der Waals surface area contributed by atoms with E-state index in [-0.39, 0.29) is 47.0 Å². The molecule has 0 aliphatic rings. The highest BCUT2D eigenvalue weighted by Crippen LogP contribution is 2.28. The maximum absolute atomic E-state index is 12.9. The minimum Gasteiger partial charge on any atom is -0.488 e. The van der Waals surface area contributed by atoms with Gasteiger partial charge in [-0.25, -0.2) is 15.0 Å². The zero-order chi connectivity index (χ0) is 26.2. The molecule has 1 atom stereocenters. The number of aromatic nitrogens is 4. The lowest BCUT2D eigenvalue weighted by molar-refractivity contribution is -0.142. The van der Waals surface area contributed by atoms with Crippen molar-refractivity contribution in [2.45, 2.75) is 26.6 Å². The number of aryl methyl sites for hydroxylation is 1. The van der Waals surface area contributed by atoms with E-state index in [1.807, 2.05) is 0 Å². The Hall–Kier alpha value is -4.26. The summed E-state index contributed by atoms with van der Waals surface area (Å²) in [5, 5.41) is 2.61. The summed E-state index contributed by atoms with van der Waals surface area (Å²) in [6, 6.07) is 4.28. The standard InChI is InChI=1S/C23H24F2N6O5/c1-13-8-28-19(10-26-13)30-21(32)15-5-16(35-14(2)12-34-23(24)25)7-17(6-15)36-20-11-27-18(9-29-20)22(33)31(3)4/h5-11,14,23H,12H2,1-4H3,(H,28,30,32)/t14-/m0/s1. The molecule has 0 unspecified atom stereocenters. The third-order valence-electron chi connectivity index (χ3n) is 4.43. The van der Waals surface area contributed by atoms with Crippen molar-refractivity contribution in [3.8, 4) is 17.4 Å². The second kappa shape index (κ2) is 11.9. The summed E-state index contributed by atoms with van der Waals surface area (Å²) < 4.78 is 40.4. The Morgan fingerprint density at radius 2 is 1.75 bits per heavy atom. The molecule has 2 amide bonds. The number of nitrogens with zero attached hydrogens (tertiary/aromatic N) is 5. The van der Waals surface area contributed by atoms with Crippen LogP contribution in [0.1, 0.15) is 33.5 Å². The summed E-state index contributed by atoms with van der Waals surface area (Å²) in [7, 11) is 3.17. The molecule has 13 heteroatoms. The van der Waals surface area contributed by atoms with Crippen LogP contribution >= 0.6 is 0 Å². The van der Waals surface area contributed by atoms with E-state index in [1.54, 1.807) is 21.0 Å². The highest BCUT2D eigenvalue weighted by atomic mass is 19.3. The van der Waals surface area contributed by atoms with E-state index < -0.39 is 18.6 Å². The number of hydrogen-bond acceptors (Lipinski definition) is 9. The van der Waals surface area contributed by atoms with E-state index in [0.717, 1.165) is 0 Å². The minimum absolute atomic E-state index is 0.0484. The molecule has 2 aromatic heterocycles. The summed E-state index contributed by atoms with van der Waals surface area (Å²) >= 11 is 0. The first-order valence-electron chi connectivity index (χ1n) is 10.6. The number of halogens is 2. The molecular weight excluding hydrogens is 478 g/mol. The van der Waals surface area contributed by atoms with Gasteiger partial charge in [-0.1, -0.05) is 0 Å². The van der Waals surface area contributed by atoms with Crippen LogP contribution < -0.4 is 14.8 Å². The van der Waals surface area contributed by atoms with Crippen molar-refractivity contribution in [1.29, 1.82) is 0 Å². The smallest absolute Gasteiger partial charge is 0.345 e. The number of benzene rings is 1. The fourth-order valence-electron chi connectivity index (χ4n) is 2.78. The number of ether oxygens (including phenoxy) is 3. The van der Waals surface area contributed by atoms with Crippen molar-refractivity contribution in [3.63, 3.8) is 0 Å². The molecule has 0 radical (unpaired) electrons. The van der Waals surface area contributed by atoms with Crippen LogP contribution in [-0.2, 0) is 4.74 Å². The maximum atomic E-state index is 12.9. The summed E-state index contributed by atoms with van der Waals surface area (Å²) in [6.07, 6.45) is 4.65. The van der Waals surface area contributed by atoms with E-state index in [9.17, 15) is 18.4 Å². The van der Waals surface area contributed by atoms with E-state index in [1.165, 1.54) is 54.8 Å². The first-order chi connectivity index (χ1) is 17.1. The molecule has 3 aromatic rings. The molecule has 0 saturated heterocycles. The molecular formula is C23H24F2N6O5. The summed E-state index contributed by atoms with van der Waals surface area (Å²) in [5.74, 6) is -0.293. The van der Waals surface area contributed by atoms with Crippen LogP contribution in [0.4, 0.5) is 14.6 Å². The van der Waals surface area contributed by atoms with Crippen LogP contribution in [0.5, 0.6) is 17.4 Å². The lowest BCUT2D eigenvalue weighted by atomic mass is 10.2. The van der Waals surface area contributed by atoms with Gasteiger partial charge < -0.3 is 24.4 Å². The van der Waals surface area contributed by atoms with Gasteiger partial charge in [-0.2, -0.15) is 8.78 Å². The van der Waals surface area contributed by atoms with Gasteiger partial charge in [-0.05, 0) is 26.0 Å². The predicted molar refractivity (Wildman–Crippen MR) is 123 cm³/mol. The molecule has 0 fully saturated rings. The quantitative estimate of drug-likeness (QED) is 0.444. The highest BCUT2D eigenvalue weighted by molar-refractivity contribution is 6.04. The van der Waals surface area contributed by atoms with Gasteiger partial charge in [0.1, 0.15) is 23.3 Å². The first-order valence-corrected chi connectivity index (χ1v) is 10.6. The van der Waals surface area contributed by atoms with Crippen molar-refractivity contribution in [2.24, 2.45) is 0 Å². The fraction of sp³-hybridized carbons (Fsp3) is 0.304. The second-order valence-corrected chi connectivity index (χ2v) is 7.75. The lowest BCUT2D eigenvalue weighted by Gasteiger charge is -2.17. The van der Waals surface area contributed by atoms with Crippen LogP contribution in [-0.4, -0.2) is 70.1 Å². The molecule has 3 rings (SSSR count). The molecule has 0 saturated carbocycles. The summed E-state index contributed by atoms with van der Waals surface area (Å²) in [5.41, 5.74) is 0.925. The van der Waals surface area contributed by atoms with Crippen LogP contribution in [0.3, 0.4) is 0 Å². The molecule has 190 valence electrons. The molecule has 0 aliphatic heterocycles. The Kier molecular flexibility index (Phi) is 8.73. The van der Waals surface area contributed by atoms with Gasteiger partial charge in [0.2, 0.25) is 5.88 Å². The van der Waals surface area contributed by atoms with Crippen molar-refractivity contribution >= 4 is 17.6 Å². The van der Waals surface area contributed by atoms with E-state index in [2.05, 4.69) is 30.0 Å². The maximum Gasteiger partial charge on any atom is 0.345 e. The third-order valence-corrected chi connectivity index (χ3v) is 4.43. The molecule has 0 bridgehead atoms. The molecule has 0 aliphatic carbocycles. The van der Waals surface area contributed by atoms with Crippen molar-refractivity contribution < 1.29 is 32.6 Å². The number of carbonyl (C=O) groups excluding carboxylic acids is 2. The number of rotatable bonds is 10. The first kappa shape index (κ1) is 26.3.